The Hall–Kier alpha value is -15.4. The van der Waals surface area contributed by atoms with Crippen LogP contribution in [-0.2, 0) is 0 Å². The van der Waals surface area contributed by atoms with E-state index in [-0.39, 0.29) is 0 Å². The quantitative estimate of drug-likeness (QED) is 0.136. The molecule has 118 heavy (non-hydrogen) atoms. The summed E-state index contributed by atoms with van der Waals surface area (Å²) in [4.78, 5) is 2.34. The highest BCUT2D eigenvalue weighted by atomic mass is 35.5. The van der Waals surface area contributed by atoms with Gasteiger partial charge in [0.1, 0.15) is 55.8 Å². The van der Waals surface area contributed by atoms with Crippen molar-refractivity contribution in [3.8, 4) is 77.9 Å². The van der Waals surface area contributed by atoms with E-state index in [1.54, 1.807) is 0 Å². The molecule has 19 aromatic carbocycles. The minimum absolute atomic E-state index is 0.748. The lowest BCUT2D eigenvalue weighted by atomic mass is 9.91. The number of furan rings is 5. The molecule has 0 aliphatic rings. The summed E-state index contributed by atoms with van der Waals surface area (Å²) in [6.07, 6.45) is 0. The van der Waals surface area contributed by atoms with Gasteiger partial charge < -0.3 is 32.7 Å². The van der Waals surface area contributed by atoms with Crippen LogP contribution in [0, 0.1) is 0 Å². The van der Waals surface area contributed by atoms with E-state index in [4.69, 9.17) is 39.4 Å². The lowest BCUT2D eigenvalue weighted by molar-refractivity contribution is 0.668. The highest BCUT2D eigenvalue weighted by molar-refractivity contribution is 6.30. The van der Waals surface area contributed by atoms with E-state index >= 15 is 0 Å². The Labute approximate surface area is 683 Å². The van der Waals surface area contributed by atoms with Crippen molar-refractivity contribution < 1.29 is 22.1 Å². The Kier molecular flexibility index (Phi) is 17.0. The van der Waals surface area contributed by atoms with Gasteiger partial charge in [0, 0.05) is 92.8 Å². The minimum atomic E-state index is 0.748. The van der Waals surface area contributed by atoms with Crippen LogP contribution in [0.4, 0.5) is 22.7 Å². The van der Waals surface area contributed by atoms with Crippen molar-refractivity contribution in [1.82, 2.24) is 0 Å². The van der Waals surface area contributed by atoms with Crippen LogP contribution in [0.3, 0.4) is 0 Å². The van der Waals surface area contributed by atoms with Crippen LogP contribution in [0.5, 0.6) is 0 Å². The first-order chi connectivity index (χ1) is 58.3. The number of nitrogens with two attached hydrogens (primary N) is 1. The third-order valence-corrected chi connectivity index (χ3v) is 23.4. The maximum atomic E-state index is 6.51. The van der Waals surface area contributed by atoms with Gasteiger partial charge in [0.05, 0.1) is 0 Å². The van der Waals surface area contributed by atoms with E-state index in [2.05, 4.69) is 296 Å². The Balaban J connectivity index is 0.000000136. The predicted molar refractivity (Wildman–Crippen MR) is 493 cm³/mol. The molecule has 24 aromatic rings. The third kappa shape index (κ3) is 12.1. The zero-order valence-corrected chi connectivity index (χ0v) is 64.4. The van der Waals surface area contributed by atoms with Crippen molar-refractivity contribution in [2.75, 3.05) is 10.6 Å². The van der Waals surface area contributed by atoms with Gasteiger partial charge in [0.2, 0.25) is 0 Å². The van der Waals surface area contributed by atoms with E-state index in [1.807, 2.05) is 115 Å². The third-order valence-electron chi connectivity index (χ3n) is 23.1. The molecule has 0 saturated heterocycles. The van der Waals surface area contributed by atoms with E-state index in [0.717, 1.165) is 193 Å². The summed E-state index contributed by atoms with van der Waals surface area (Å²) in [6, 6.07) is 142. The van der Waals surface area contributed by atoms with Crippen LogP contribution in [0.15, 0.2) is 429 Å². The zero-order chi connectivity index (χ0) is 78.3. The average molecular weight is 1530 g/mol. The van der Waals surface area contributed by atoms with Crippen molar-refractivity contribution in [2.45, 2.75) is 0 Å². The van der Waals surface area contributed by atoms with Gasteiger partial charge in [0.25, 0.3) is 0 Å². The fourth-order valence-corrected chi connectivity index (χ4v) is 17.8. The Morgan fingerprint density at radius 3 is 0.780 bits per heavy atom. The molecule has 0 unspecified atom stereocenters. The first kappa shape index (κ1) is 69.3. The van der Waals surface area contributed by atoms with Gasteiger partial charge >= 0.3 is 0 Å². The molecule has 0 fully saturated rings. The summed E-state index contributed by atoms with van der Waals surface area (Å²) in [5.74, 6) is 0. The number of nitrogen functional groups attached to an aromatic ring is 1. The molecule has 0 atom stereocenters. The molecular formula is C110H69ClN2O5. The van der Waals surface area contributed by atoms with Crippen molar-refractivity contribution in [2.24, 2.45) is 0 Å². The van der Waals surface area contributed by atoms with E-state index in [9.17, 15) is 0 Å². The SMILES string of the molecule is Clc1ccc(-c2cccc3oc4ccccc4c23)cc1.Nc1ccc(-c2ccc(-c3cccc4c3oc3ccccc34)c3ccccc23)cc1.c1ccc2c(c1)oc1c(-c3ccc(-c4ccc(N(c5ccc(-c6cccc7oc8ccccc8c67)cc5)c5ccc(-c6cccc7oc8ccccc8c67)cc5)cc4)c4ccccc34)cccc12. The molecule has 0 bridgehead atoms. The summed E-state index contributed by atoms with van der Waals surface area (Å²) in [5.41, 5.74) is 35.0. The number of hydrogen-bond acceptors (Lipinski definition) is 7. The second kappa shape index (κ2) is 28.9. The maximum absolute atomic E-state index is 6.51. The van der Waals surface area contributed by atoms with Crippen LogP contribution < -0.4 is 10.6 Å². The number of anilines is 4. The van der Waals surface area contributed by atoms with Crippen LogP contribution >= 0.6 is 11.6 Å². The lowest BCUT2D eigenvalue weighted by Gasteiger charge is -2.26. The van der Waals surface area contributed by atoms with E-state index in [1.165, 1.54) is 43.8 Å². The Morgan fingerprint density at radius 1 is 0.178 bits per heavy atom. The summed E-state index contributed by atoms with van der Waals surface area (Å²) in [5, 5.41) is 16.9. The highest BCUT2D eigenvalue weighted by Gasteiger charge is 2.23. The maximum Gasteiger partial charge on any atom is 0.143 e. The zero-order valence-electron chi connectivity index (χ0n) is 63.6. The lowest BCUT2D eigenvalue weighted by Crippen LogP contribution is -2.09. The highest BCUT2D eigenvalue weighted by Crippen LogP contribution is 2.48. The molecule has 7 nitrogen and oxygen atoms in total. The number of halogens is 1. The van der Waals surface area contributed by atoms with Crippen molar-refractivity contribution in [3.63, 3.8) is 0 Å². The summed E-state index contributed by atoms with van der Waals surface area (Å²) in [6.45, 7) is 0. The molecule has 0 aliphatic heterocycles. The molecule has 2 N–H and O–H groups in total. The van der Waals surface area contributed by atoms with Crippen molar-refractivity contribution in [1.29, 1.82) is 0 Å². The summed E-state index contributed by atoms with van der Waals surface area (Å²) in [7, 11) is 0. The van der Waals surface area contributed by atoms with E-state index in [0.29, 0.717) is 0 Å². The molecule has 0 amide bonds. The number of rotatable bonds is 10. The van der Waals surface area contributed by atoms with Crippen LogP contribution in [0.1, 0.15) is 0 Å². The molecule has 5 aromatic heterocycles. The van der Waals surface area contributed by atoms with Gasteiger partial charge in [-0.1, -0.05) is 309 Å². The molecule has 0 aliphatic carbocycles. The molecular weight excluding hydrogens is 1460 g/mol. The Bertz CT molecular complexity index is 7850. The molecule has 556 valence electrons. The van der Waals surface area contributed by atoms with Crippen molar-refractivity contribution >= 4 is 166 Å². The van der Waals surface area contributed by atoms with Crippen LogP contribution in [-0.4, -0.2) is 0 Å². The van der Waals surface area contributed by atoms with Crippen LogP contribution in [0.25, 0.3) is 209 Å². The standard InChI is InChI=1S/C64H39NO3.C28H19NO.C18H11ClO/c1-2-13-50-49(12-1)46(38-39-51(50)53-19-9-20-54-52-14-3-6-21-57(52)68-64(53)54)40-26-32-43(33-27-40)65(44-34-28-41(29-35-44)47-17-10-24-60-62(47)55-15-4-7-22-58(55)66-60)45-36-30-42(31-37-45)48-18-11-25-61-63(48)56-16-5-8-23-59(56)67-61;29-19-14-12-18(13-15-19)20-16-17-23(22-7-2-1-6-21(20)22)25-9-5-10-26-24-8-3-4-11-27(24)30-28(25)26;19-13-10-8-12(9-11-13)14-5-3-7-17-18(14)15-4-1-2-6-16(15)20-17/h1-39H;1-17H,29H2;1-11H. The average Bonchev–Trinajstić information content (AvgIpc) is 1.45. The summed E-state index contributed by atoms with van der Waals surface area (Å²) >= 11 is 5.97. The number of hydrogen-bond donors (Lipinski definition) is 1. The monoisotopic (exact) mass is 1530 g/mol. The molecule has 0 radical (unpaired) electrons. The molecule has 5 heterocycles. The largest absolute Gasteiger partial charge is 0.456 e. The van der Waals surface area contributed by atoms with Gasteiger partial charge in [-0.3, -0.25) is 0 Å². The topological polar surface area (TPSA) is 95.0 Å². The fourth-order valence-electron chi connectivity index (χ4n) is 17.6. The minimum Gasteiger partial charge on any atom is -0.456 e. The summed E-state index contributed by atoms with van der Waals surface area (Å²) < 4.78 is 31.3. The number of para-hydroxylation sites is 7. The first-order valence-corrected chi connectivity index (χ1v) is 40.0. The van der Waals surface area contributed by atoms with Gasteiger partial charge in [-0.05, 0) is 198 Å². The second-order valence-electron chi connectivity index (χ2n) is 29.9. The second-order valence-corrected chi connectivity index (χ2v) is 30.3. The first-order valence-electron chi connectivity index (χ1n) is 39.6. The van der Waals surface area contributed by atoms with E-state index < -0.39 is 0 Å². The Morgan fingerprint density at radius 2 is 0.424 bits per heavy atom. The van der Waals surface area contributed by atoms with Gasteiger partial charge in [0.15, 0.2) is 0 Å². The molecule has 24 rings (SSSR count). The smallest absolute Gasteiger partial charge is 0.143 e. The van der Waals surface area contributed by atoms with Gasteiger partial charge in [-0.2, -0.15) is 0 Å². The molecule has 8 heteroatoms. The van der Waals surface area contributed by atoms with Gasteiger partial charge in [-0.15, -0.1) is 0 Å². The molecule has 0 saturated carbocycles. The van der Waals surface area contributed by atoms with Gasteiger partial charge in [-0.25, -0.2) is 0 Å². The number of fused-ring (bicyclic) bond motifs is 17. The number of nitrogens with zero attached hydrogens (tertiary/aromatic N) is 1. The molecule has 0 spiro atoms. The fraction of sp³-hybridized carbons (Fsp3) is 0. The van der Waals surface area contributed by atoms with Crippen molar-refractivity contribution in [3.05, 3.63) is 411 Å². The normalized spacial score (nSPS) is 11.6. The number of benzene rings is 19. The van der Waals surface area contributed by atoms with Crippen LogP contribution in [0.2, 0.25) is 5.02 Å². The predicted octanol–water partition coefficient (Wildman–Crippen LogP) is 32.2.